The van der Waals surface area contributed by atoms with Crippen LogP contribution >= 0.6 is 23.4 Å². The zero-order valence-electron chi connectivity index (χ0n) is 11.1. The molecule has 0 bridgehead atoms. The van der Waals surface area contributed by atoms with Gasteiger partial charge in [-0.3, -0.25) is 4.79 Å². The molecule has 0 saturated carbocycles. The van der Waals surface area contributed by atoms with Crippen molar-refractivity contribution < 1.29 is 9.90 Å². The van der Waals surface area contributed by atoms with Crippen molar-refractivity contribution in [1.29, 1.82) is 0 Å². The van der Waals surface area contributed by atoms with E-state index in [0.717, 1.165) is 16.3 Å². The maximum Gasteiger partial charge on any atom is 0.307 e. The number of carbonyl (C=O) groups is 1. The van der Waals surface area contributed by atoms with Crippen LogP contribution in [0.1, 0.15) is 35.9 Å². The lowest BCUT2D eigenvalue weighted by molar-refractivity contribution is -0.141. The first kappa shape index (κ1) is 14.2. The number of halogens is 1. The largest absolute Gasteiger partial charge is 0.481 e. The second-order valence-electron chi connectivity index (χ2n) is 5.57. The maximum absolute atomic E-state index is 11.0. The molecule has 0 spiro atoms. The van der Waals surface area contributed by atoms with Crippen molar-refractivity contribution in [1.82, 2.24) is 5.32 Å². The molecule has 2 N–H and O–H groups in total. The molecule has 0 amide bonds. The Morgan fingerprint density at radius 3 is 2.90 bits per heavy atom. The van der Waals surface area contributed by atoms with Gasteiger partial charge >= 0.3 is 5.97 Å². The van der Waals surface area contributed by atoms with Gasteiger partial charge in [0.1, 0.15) is 0 Å². The molecule has 5 heteroatoms. The predicted octanol–water partition coefficient (Wildman–Crippen LogP) is 3.30. The third kappa shape index (κ3) is 2.83. The van der Waals surface area contributed by atoms with Crippen LogP contribution in [-0.2, 0) is 4.79 Å². The van der Waals surface area contributed by atoms with E-state index in [-0.39, 0.29) is 12.0 Å². The Hall–Kier alpha value is -0.710. The van der Waals surface area contributed by atoms with Crippen LogP contribution < -0.4 is 5.32 Å². The molecule has 1 aromatic carbocycles. The first-order valence-electron chi connectivity index (χ1n) is 6.98. The fourth-order valence-corrected chi connectivity index (χ4v) is 4.64. The third-order valence-electron chi connectivity index (χ3n) is 4.28. The molecule has 0 aromatic heterocycles. The minimum absolute atomic E-state index is 0.112. The van der Waals surface area contributed by atoms with E-state index in [1.807, 2.05) is 17.8 Å². The second-order valence-corrected chi connectivity index (χ2v) is 7.13. The number of nitrogens with one attached hydrogen (secondary N) is 1. The quantitative estimate of drug-likeness (QED) is 0.899. The Kier molecular flexibility index (Phi) is 4.24. The first-order valence-corrected chi connectivity index (χ1v) is 8.51. The molecule has 3 unspecified atom stereocenters. The second kappa shape index (κ2) is 5.96. The number of benzene rings is 1. The van der Waals surface area contributed by atoms with Gasteiger partial charge in [-0.15, -0.1) is 0 Å². The SMILES string of the molecule is O=C(O)C1CNC(c2ccc(C3CCSC3)c(Cl)c2)C1. The lowest BCUT2D eigenvalue weighted by Gasteiger charge is -2.15. The molecule has 2 saturated heterocycles. The van der Waals surface area contributed by atoms with Gasteiger partial charge in [0, 0.05) is 23.4 Å². The van der Waals surface area contributed by atoms with Crippen molar-refractivity contribution >= 4 is 29.3 Å². The Balaban J connectivity index is 1.75. The van der Waals surface area contributed by atoms with E-state index in [1.165, 1.54) is 17.7 Å². The number of hydrogen-bond donors (Lipinski definition) is 2. The normalized spacial score (nSPS) is 29.8. The minimum atomic E-state index is -0.717. The van der Waals surface area contributed by atoms with E-state index in [2.05, 4.69) is 17.4 Å². The highest BCUT2D eigenvalue weighted by Gasteiger charge is 2.30. The summed E-state index contributed by atoms with van der Waals surface area (Å²) in [7, 11) is 0. The highest BCUT2D eigenvalue weighted by atomic mass is 35.5. The van der Waals surface area contributed by atoms with Gasteiger partial charge in [0.25, 0.3) is 0 Å². The van der Waals surface area contributed by atoms with Gasteiger partial charge in [-0.05, 0) is 41.7 Å². The van der Waals surface area contributed by atoms with E-state index in [4.69, 9.17) is 16.7 Å². The molecule has 3 atom stereocenters. The summed E-state index contributed by atoms with van der Waals surface area (Å²) in [6, 6.07) is 6.36. The van der Waals surface area contributed by atoms with Crippen molar-refractivity contribution in [2.24, 2.45) is 5.92 Å². The smallest absolute Gasteiger partial charge is 0.307 e. The van der Waals surface area contributed by atoms with Gasteiger partial charge in [-0.25, -0.2) is 0 Å². The van der Waals surface area contributed by atoms with Crippen LogP contribution in [0.15, 0.2) is 18.2 Å². The summed E-state index contributed by atoms with van der Waals surface area (Å²) in [6.45, 7) is 0.540. The van der Waals surface area contributed by atoms with Crippen LogP contribution in [0.4, 0.5) is 0 Å². The van der Waals surface area contributed by atoms with Crippen molar-refractivity contribution in [2.75, 3.05) is 18.1 Å². The van der Waals surface area contributed by atoms with Gasteiger partial charge in [0.15, 0.2) is 0 Å². The van der Waals surface area contributed by atoms with Gasteiger partial charge in [0.2, 0.25) is 0 Å². The average molecular weight is 312 g/mol. The van der Waals surface area contributed by atoms with Gasteiger partial charge in [0.05, 0.1) is 5.92 Å². The minimum Gasteiger partial charge on any atom is -0.481 e. The molecule has 2 aliphatic rings. The Morgan fingerprint density at radius 1 is 1.45 bits per heavy atom. The van der Waals surface area contributed by atoms with E-state index in [0.29, 0.717) is 18.9 Å². The van der Waals surface area contributed by atoms with E-state index in [9.17, 15) is 4.79 Å². The van der Waals surface area contributed by atoms with Gasteiger partial charge < -0.3 is 10.4 Å². The molecular formula is C15H18ClNO2S. The summed E-state index contributed by atoms with van der Waals surface area (Å²) in [4.78, 5) is 11.0. The number of carboxylic acids is 1. The number of hydrogen-bond acceptors (Lipinski definition) is 3. The molecule has 2 aliphatic heterocycles. The highest BCUT2D eigenvalue weighted by molar-refractivity contribution is 7.99. The summed E-state index contributed by atoms with van der Waals surface area (Å²) >= 11 is 8.42. The standard InChI is InChI=1S/C15H18ClNO2S/c16-13-5-9(14-6-11(7-17-14)15(18)19)1-2-12(13)10-3-4-20-8-10/h1-2,5,10-11,14,17H,3-4,6-8H2,(H,18,19). The molecule has 2 heterocycles. The van der Waals surface area contributed by atoms with Crippen LogP contribution in [0.5, 0.6) is 0 Å². The number of thioether (sulfide) groups is 1. The fraction of sp³-hybridized carbons (Fsp3) is 0.533. The zero-order valence-corrected chi connectivity index (χ0v) is 12.7. The Bertz CT molecular complexity index is 517. The van der Waals surface area contributed by atoms with Crippen LogP contribution in [-0.4, -0.2) is 29.1 Å². The zero-order chi connectivity index (χ0) is 14.1. The summed E-state index contributed by atoms with van der Waals surface area (Å²) in [5.74, 6) is 1.94. The van der Waals surface area contributed by atoms with E-state index in [1.54, 1.807) is 0 Å². The molecule has 3 rings (SSSR count). The number of aliphatic carboxylic acids is 1. The van der Waals surface area contributed by atoms with Crippen LogP contribution in [0.25, 0.3) is 0 Å². The fourth-order valence-electron chi connectivity index (χ4n) is 3.05. The summed E-state index contributed by atoms with van der Waals surface area (Å²) in [5, 5.41) is 13.2. The molecular weight excluding hydrogens is 294 g/mol. The highest BCUT2D eigenvalue weighted by Crippen LogP contribution is 2.38. The summed E-state index contributed by atoms with van der Waals surface area (Å²) in [5.41, 5.74) is 2.35. The lowest BCUT2D eigenvalue weighted by Crippen LogP contribution is -2.17. The van der Waals surface area contributed by atoms with Crippen LogP contribution in [0.2, 0.25) is 5.02 Å². The average Bonchev–Trinajstić information content (AvgIpc) is 3.10. The third-order valence-corrected chi connectivity index (χ3v) is 5.77. The molecule has 108 valence electrons. The molecule has 0 radical (unpaired) electrons. The van der Waals surface area contributed by atoms with Crippen LogP contribution in [0.3, 0.4) is 0 Å². The van der Waals surface area contributed by atoms with Gasteiger partial charge in [-0.1, -0.05) is 23.7 Å². The Morgan fingerprint density at radius 2 is 2.30 bits per heavy atom. The van der Waals surface area contributed by atoms with E-state index >= 15 is 0 Å². The first-order chi connectivity index (χ1) is 9.65. The van der Waals surface area contributed by atoms with E-state index < -0.39 is 5.97 Å². The maximum atomic E-state index is 11.0. The number of rotatable bonds is 3. The van der Waals surface area contributed by atoms with Crippen molar-refractivity contribution in [3.05, 3.63) is 34.3 Å². The lowest BCUT2D eigenvalue weighted by atomic mass is 9.94. The number of carboxylic acid groups (broad SMARTS) is 1. The summed E-state index contributed by atoms with van der Waals surface area (Å²) < 4.78 is 0. The van der Waals surface area contributed by atoms with Crippen molar-refractivity contribution in [3.8, 4) is 0 Å². The predicted molar refractivity (Wildman–Crippen MR) is 82.6 cm³/mol. The summed E-state index contributed by atoms with van der Waals surface area (Å²) in [6.07, 6.45) is 1.84. The van der Waals surface area contributed by atoms with Crippen molar-refractivity contribution in [2.45, 2.75) is 24.8 Å². The van der Waals surface area contributed by atoms with Crippen LogP contribution in [0, 0.1) is 5.92 Å². The van der Waals surface area contributed by atoms with Crippen molar-refractivity contribution in [3.63, 3.8) is 0 Å². The molecule has 1 aromatic rings. The molecule has 0 aliphatic carbocycles. The Labute approximate surface area is 128 Å². The topological polar surface area (TPSA) is 49.3 Å². The molecule has 20 heavy (non-hydrogen) atoms. The monoisotopic (exact) mass is 311 g/mol. The molecule has 3 nitrogen and oxygen atoms in total. The molecule has 2 fully saturated rings. The van der Waals surface area contributed by atoms with Gasteiger partial charge in [-0.2, -0.15) is 11.8 Å².